The van der Waals surface area contributed by atoms with E-state index in [4.69, 9.17) is 26.1 Å². The number of esters is 1. The largest absolute Gasteiger partial charge is 0.497 e. The maximum absolute atomic E-state index is 14.1. The smallest absolute Gasteiger partial charge is 0.338 e. The Morgan fingerprint density at radius 1 is 1.07 bits per heavy atom. The van der Waals surface area contributed by atoms with Crippen LogP contribution >= 0.6 is 22.9 Å². The van der Waals surface area contributed by atoms with Crippen molar-refractivity contribution in [1.82, 2.24) is 9.13 Å². The molecule has 9 heteroatoms. The van der Waals surface area contributed by atoms with Crippen LogP contribution in [0.5, 0.6) is 5.75 Å². The molecule has 212 valence electrons. The highest BCUT2D eigenvalue weighted by Crippen LogP contribution is 2.31. The standard InChI is InChI=1S/C33H28ClN3O4S/c1-4-41-32(39)29-20(2)35-33-37(30(29)22-11-15-26(40-3)16-12-22)31(38)28(42-33)18-25-17-23-7-5-6-8-27(23)36(25)19-21-9-13-24(34)14-10-21/h5-18,30H,4,19H2,1-3H3/b28-18+/t30-/m1/s1. The average Bonchev–Trinajstić information content (AvgIpc) is 3.49. The Morgan fingerprint density at radius 2 is 1.81 bits per heavy atom. The zero-order chi connectivity index (χ0) is 29.4. The summed E-state index contributed by atoms with van der Waals surface area (Å²) in [5, 5.41) is 1.75. The maximum Gasteiger partial charge on any atom is 0.338 e. The number of thiazole rings is 1. The highest BCUT2D eigenvalue weighted by atomic mass is 35.5. The minimum atomic E-state index is -0.687. The lowest BCUT2D eigenvalue weighted by Crippen LogP contribution is -2.40. The SMILES string of the molecule is CCOC(=O)C1=C(C)N=c2s/c(=C/c3cc4ccccc4n3Cc3ccc(Cl)cc3)c(=O)n2[C@@H]1c1ccc(OC)cc1. The third kappa shape index (κ3) is 5.08. The first-order valence-corrected chi connectivity index (χ1v) is 14.7. The molecular formula is C33H28ClN3O4S. The number of carbonyl (C=O) groups excluding carboxylic acids is 1. The van der Waals surface area contributed by atoms with Gasteiger partial charge in [0.15, 0.2) is 4.80 Å². The lowest BCUT2D eigenvalue weighted by molar-refractivity contribution is -0.139. The molecule has 0 radical (unpaired) electrons. The summed E-state index contributed by atoms with van der Waals surface area (Å²) in [6, 6.07) is 24.7. The van der Waals surface area contributed by atoms with Gasteiger partial charge in [0.25, 0.3) is 5.56 Å². The molecule has 42 heavy (non-hydrogen) atoms. The minimum Gasteiger partial charge on any atom is -0.497 e. The van der Waals surface area contributed by atoms with E-state index in [-0.39, 0.29) is 12.2 Å². The van der Waals surface area contributed by atoms with Crippen LogP contribution < -0.4 is 19.6 Å². The summed E-state index contributed by atoms with van der Waals surface area (Å²) >= 11 is 7.43. The van der Waals surface area contributed by atoms with Crippen LogP contribution in [0.4, 0.5) is 0 Å². The molecular weight excluding hydrogens is 570 g/mol. The zero-order valence-electron chi connectivity index (χ0n) is 23.3. The van der Waals surface area contributed by atoms with Crippen LogP contribution in [0.3, 0.4) is 0 Å². The van der Waals surface area contributed by atoms with E-state index in [1.807, 2.05) is 66.7 Å². The molecule has 6 rings (SSSR count). The van der Waals surface area contributed by atoms with Gasteiger partial charge in [-0.25, -0.2) is 9.79 Å². The zero-order valence-corrected chi connectivity index (χ0v) is 24.9. The van der Waals surface area contributed by atoms with E-state index in [1.54, 1.807) is 25.5 Å². The lowest BCUT2D eigenvalue weighted by Gasteiger charge is -2.24. The van der Waals surface area contributed by atoms with Crippen LogP contribution in [0, 0.1) is 0 Å². The number of benzene rings is 3. The van der Waals surface area contributed by atoms with Crippen LogP contribution in [-0.4, -0.2) is 28.8 Å². The van der Waals surface area contributed by atoms with Crippen LogP contribution in [0.15, 0.2) is 99.9 Å². The number of rotatable bonds is 7. The molecule has 0 aliphatic carbocycles. The summed E-state index contributed by atoms with van der Waals surface area (Å²) in [4.78, 5) is 32.5. The predicted molar refractivity (Wildman–Crippen MR) is 166 cm³/mol. The normalized spacial score (nSPS) is 15.0. The number of para-hydroxylation sites is 1. The second-order valence-electron chi connectivity index (χ2n) is 9.92. The summed E-state index contributed by atoms with van der Waals surface area (Å²) in [5.41, 5.74) is 4.44. The topological polar surface area (TPSA) is 74.8 Å². The first-order valence-electron chi connectivity index (χ1n) is 13.5. The van der Waals surface area contributed by atoms with Crippen molar-refractivity contribution >= 4 is 45.9 Å². The Bertz CT molecular complexity index is 2020. The first-order chi connectivity index (χ1) is 20.4. The fourth-order valence-electron chi connectivity index (χ4n) is 5.33. The van der Waals surface area contributed by atoms with Gasteiger partial charge in [0.1, 0.15) is 5.75 Å². The molecule has 2 aromatic heterocycles. The number of nitrogens with zero attached hydrogens (tertiary/aromatic N) is 3. The number of carbonyl (C=O) groups is 1. The molecule has 0 N–H and O–H groups in total. The van der Waals surface area contributed by atoms with Crippen LogP contribution in [0.2, 0.25) is 5.02 Å². The number of allylic oxidation sites excluding steroid dienone is 1. The molecule has 3 heterocycles. The number of aromatic nitrogens is 2. The third-order valence-corrected chi connectivity index (χ3v) is 8.56. The minimum absolute atomic E-state index is 0.216. The van der Waals surface area contributed by atoms with Gasteiger partial charge in [0.2, 0.25) is 0 Å². The van der Waals surface area contributed by atoms with Gasteiger partial charge in [0.05, 0.1) is 35.6 Å². The van der Waals surface area contributed by atoms with Gasteiger partial charge in [0, 0.05) is 28.2 Å². The van der Waals surface area contributed by atoms with E-state index in [0.717, 1.165) is 27.7 Å². The highest BCUT2D eigenvalue weighted by Gasteiger charge is 2.33. The summed E-state index contributed by atoms with van der Waals surface area (Å²) in [6.07, 6.45) is 1.91. The van der Waals surface area contributed by atoms with E-state index < -0.39 is 12.0 Å². The maximum atomic E-state index is 14.1. The van der Waals surface area contributed by atoms with Gasteiger partial charge in [-0.15, -0.1) is 0 Å². The second kappa shape index (κ2) is 11.5. The Labute approximate surface area is 251 Å². The molecule has 3 aromatic carbocycles. The number of methoxy groups -OCH3 is 1. The van der Waals surface area contributed by atoms with Gasteiger partial charge >= 0.3 is 5.97 Å². The highest BCUT2D eigenvalue weighted by molar-refractivity contribution is 7.07. The number of fused-ring (bicyclic) bond motifs is 2. The number of ether oxygens (including phenoxy) is 2. The van der Waals surface area contributed by atoms with E-state index >= 15 is 0 Å². The van der Waals surface area contributed by atoms with Gasteiger partial charge in [-0.05, 0) is 67.4 Å². The van der Waals surface area contributed by atoms with E-state index in [9.17, 15) is 9.59 Å². The molecule has 1 aliphatic rings. The molecule has 0 spiro atoms. The van der Waals surface area contributed by atoms with Gasteiger partial charge < -0.3 is 14.0 Å². The van der Waals surface area contributed by atoms with Gasteiger partial charge in [-0.2, -0.15) is 0 Å². The molecule has 7 nitrogen and oxygen atoms in total. The van der Waals surface area contributed by atoms with Crippen LogP contribution in [-0.2, 0) is 16.1 Å². The summed E-state index contributed by atoms with van der Waals surface area (Å²) < 4.78 is 15.0. The fraction of sp³-hybridized carbons (Fsp3) is 0.182. The molecule has 0 amide bonds. The molecule has 1 aliphatic heterocycles. The average molecular weight is 598 g/mol. The Kier molecular flexibility index (Phi) is 7.58. The monoisotopic (exact) mass is 597 g/mol. The summed E-state index contributed by atoms with van der Waals surface area (Å²) in [6.45, 7) is 4.36. The van der Waals surface area contributed by atoms with Crippen molar-refractivity contribution in [2.24, 2.45) is 4.99 Å². The number of hydrogen-bond donors (Lipinski definition) is 0. The summed E-state index contributed by atoms with van der Waals surface area (Å²) in [5.74, 6) is 0.190. The molecule has 0 saturated heterocycles. The molecule has 0 unspecified atom stereocenters. The van der Waals surface area contributed by atoms with Crippen molar-refractivity contribution in [1.29, 1.82) is 0 Å². The predicted octanol–water partition coefficient (Wildman–Crippen LogP) is 5.46. The lowest BCUT2D eigenvalue weighted by atomic mass is 9.96. The van der Waals surface area contributed by atoms with E-state index in [2.05, 4.69) is 22.8 Å². The van der Waals surface area contributed by atoms with Crippen molar-refractivity contribution in [2.75, 3.05) is 13.7 Å². The van der Waals surface area contributed by atoms with Crippen molar-refractivity contribution in [3.05, 3.63) is 132 Å². The molecule has 1 atom stereocenters. The van der Waals surface area contributed by atoms with E-state index in [1.165, 1.54) is 11.3 Å². The van der Waals surface area contributed by atoms with Crippen molar-refractivity contribution in [3.63, 3.8) is 0 Å². The third-order valence-electron chi connectivity index (χ3n) is 7.32. The molecule has 5 aromatic rings. The van der Waals surface area contributed by atoms with Crippen LogP contribution in [0.25, 0.3) is 17.0 Å². The number of hydrogen-bond acceptors (Lipinski definition) is 6. The Morgan fingerprint density at radius 3 is 2.52 bits per heavy atom. The molecule has 0 saturated carbocycles. The molecule has 0 bridgehead atoms. The second-order valence-corrected chi connectivity index (χ2v) is 11.4. The fourth-order valence-corrected chi connectivity index (χ4v) is 6.48. The first kappa shape index (κ1) is 27.8. The van der Waals surface area contributed by atoms with Gasteiger partial charge in [-0.1, -0.05) is 65.4 Å². The van der Waals surface area contributed by atoms with Crippen molar-refractivity contribution in [3.8, 4) is 5.75 Å². The van der Waals surface area contributed by atoms with Crippen molar-refractivity contribution < 1.29 is 14.3 Å². The Hall–Kier alpha value is -4.40. The van der Waals surface area contributed by atoms with Crippen LogP contribution in [0.1, 0.15) is 36.7 Å². The van der Waals surface area contributed by atoms with Crippen molar-refractivity contribution in [2.45, 2.75) is 26.4 Å². The quantitative estimate of drug-likeness (QED) is 0.233. The molecule has 0 fully saturated rings. The van der Waals surface area contributed by atoms with E-state index in [0.29, 0.717) is 37.9 Å². The Balaban J connectivity index is 1.53. The summed E-state index contributed by atoms with van der Waals surface area (Å²) in [7, 11) is 1.60. The number of halogens is 1. The van der Waals surface area contributed by atoms with Gasteiger partial charge in [-0.3, -0.25) is 9.36 Å².